The van der Waals surface area contributed by atoms with E-state index in [9.17, 15) is 4.79 Å². The summed E-state index contributed by atoms with van der Waals surface area (Å²) in [6.45, 7) is 11.7. The molecule has 3 nitrogen and oxygen atoms in total. The van der Waals surface area contributed by atoms with Crippen molar-refractivity contribution in [2.24, 2.45) is 11.7 Å². The number of hydrogen-bond donors (Lipinski definition) is 1. The van der Waals surface area contributed by atoms with E-state index in [0.717, 1.165) is 12.8 Å². The van der Waals surface area contributed by atoms with Crippen molar-refractivity contribution in [2.75, 3.05) is 0 Å². The van der Waals surface area contributed by atoms with Crippen LogP contribution in [-0.2, 0) is 9.53 Å². The van der Waals surface area contributed by atoms with Crippen LogP contribution in [0.1, 0.15) is 98.3 Å². The van der Waals surface area contributed by atoms with Gasteiger partial charge < -0.3 is 10.5 Å². The molecule has 0 aliphatic rings. The third-order valence-electron chi connectivity index (χ3n) is 4.86. The number of rotatable bonds is 15. The zero-order chi connectivity index (χ0) is 18.4. The Morgan fingerprint density at radius 3 is 1.88 bits per heavy atom. The van der Waals surface area contributed by atoms with Gasteiger partial charge in [0.1, 0.15) is 6.10 Å². The van der Waals surface area contributed by atoms with E-state index in [1.807, 2.05) is 20.8 Å². The van der Waals surface area contributed by atoms with Crippen LogP contribution in [0.25, 0.3) is 0 Å². The van der Waals surface area contributed by atoms with E-state index >= 15 is 0 Å². The summed E-state index contributed by atoms with van der Waals surface area (Å²) in [4.78, 5) is 11.4. The van der Waals surface area contributed by atoms with E-state index in [4.69, 9.17) is 10.5 Å². The monoisotopic (exact) mass is 375 g/mol. The lowest BCUT2D eigenvalue weighted by atomic mass is 9.80. The smallest absolute Gasteiger partial charge is 0.330 e. The van der Waals surface area contributed by atoms with Gasteiger partial charge in [-0.2, -0.15) is 0 Å². The molecule has 0 aromatic carbocycles. The van der Waals surface area contributed by atoms with Gasteiger partial charge in [0, 0.05) is 17.5 Å². The van der Waals surface area contributed by atoms with Crippen molar-refractivity contribution in [3.63, 3.8) is 0 Å². The average molecular weight is 376 g/mol. The van der Waals surface area contributed by atoms with Gasteiger partial charge in [0.05, 0.1) is 0 Å². The van der Waals surface area contributed by atoms with Crippen molar-refractivity contribution in [2.45, 2.75) is 110 Å². The second-order valence-electron chi connectivity index (χ2n) is 7.74. The summed E-state index contributed by atoms with van der Waals surface area (Å²) in [7, 11) is 0. The Bertz CT molecular complexity index is 339. The van der Waals surface area contributed by atoms with Gasteiger partial charge in [-0.05, 0) is 27.2 Å². The quantitative estimate of drug-likeness (QED) is 0.211. The Balaban J connectivity index is 0. The lowest BCUT2D eigenvalue weighted by molar-refractivity contribution is -0.145. The fraction of sp³-hybridized carbons (Fsp3) is 0.857. The van der Waals surface area contributed by atoms with Gasteiger partial charge in [-0.1, -0.05) is 77.7 Å². The first-order valence-corrected chi connectivity index (χ1v) is 9.94. The molecule has 0 amide bonds. The molecular weight excluding hydrogens is 334 g/mol. The fourth-order valence-corrected chi connectivity index (χ4v) is 3.38. The number of hydrogen-bond acceptors (Lipinski definition) is 3. The molecule has 0 aromatic heterocycles. The SMILES string of the molecule is C=CC(=O)OC(C)C(CCCCCCCCCCCC)C(C)(C)N.Cl. The molecule has 2 atom stereocenters. The molecule has 0 aromatic rings. The van der Waals surface area contributed by atoms with Crippen LogP contribution >= 0.6 is 12.4 Å². The minimum Gasteiger partial charge on any atom is -0.459 e. The first-order valence-electron chi connectivity index (χ1n) is 9.94. The molecular formula is C21H42ClNO2. The second-order valence-corrected chi connectivity index (χ2v) is 7.74. The third-order valence-corrected chi connectivity index (χ3v) is 4.86. The standard InChI is InChI=1S/C21H41NO2.ClH/c1-6-8-9-10-11-12-13-14-15-16-17-19(21(4,5)22)18(3)24-20(23)7-2;/h7,18-19H,2,6,8-17,22H2,1,3-5H3;1H. The zero-order valence-electron chi connectivity index (χ0n) is 17.0. The van der Waals surface area contributed by atoms with Crippen LogP contribution in [0.15, 0.2) is 12.7 Å². The highest BCUT2D eigenvalue weighted by Gasteiger charge is 2.31. The van der Waals surface area contributed by atoms with E-state index in [2.05, 4.69) is 13.5 Å². The van der Waals surface area contributed by atoms with Crippen LogP contribution in [-0.4, -0.2) is 17.6 Å². The van der Waals surface area contributed by atoms with Gasteiger partial charge in [0.15, 0.2) is 0 Å². The Kier molecular flexibility index (Phi) is 16.8. The van der Waals surface area contributed by atoms with Crippen molar-refractivity contribution in [1.29, 1.82) is 0 Å². The topological polar surface area (TPSA) is 52.3 Å². The maximum absolute atomic E-state index is 11.4. The minimum absolute atomic E-state index is 0. The van der Waals surface area contributed by atoms with Crippen LogP contribution in [0, 0.1) is 5.92 Å². The summed E-state index contributed by atoms with van der Waals surface area (Å²) in [5.41, 5.74) is 5.95. The molecule has 0 heterocycles. The van der Waals surface area contributed by atoms with Crippen molar-refractivity contribution >= 4 is 18.4 Å². The molecule has 4 heteroatoms. The number of carbonyl (C=O) groups excluding carboxylic acids is 1. The van der Waals surface area contributed by atoms with Gasteiger partial charge in [0.2, 0.25) is 0 Å². The third kappa shape index (κ3) is 14.3. The van der Waals surface area contributed by atoms with Gasteiger partial charge in [-0.25, -0.2) is 4.79 Å². The van der Waals surface area contributed by atoms with Crippen molar-refractivity contribution in [3.05, 3.63) is 12.7 Å². The Morgan fingerprint density at radius 1 is 1.04 bits per heavy atom. The molecule has 0 saturated carbocycles. The summed E-state index contributed by atoms with van der Waals surface area (Å²) in [6.07, 6.45) is 15.3. The molecule has 0 radical (unpaired) electrons. The van der Waals surface area contributed by atoms with Crippen LogP contribution in [0.5, 0.6) is 0 Å². The first-order chi connectivity index (χ1) is 11.3. The molecule has 150 valence electrons. The summed E-state index contributed by atoms with van der Waals surface area (Å²) >= 11 is 0. The van der Waals surface area contributed by atoms with Crippen LogP contribution in [0.2, 0.25) is 0 Å². The molecule has 2 unspecified atom stereocenters. The molecule has 0 saturated heterocycles. The largest absolute Gasteiger partial charge is 0.459 e. The summed E-state index contributed by atoms with van der Waals surface area (Å²) < 4.78 is 5.39. The van der Waals surface area contributed by atoms with E-state index in [1.54, 1.807) is 0 Å². The maximum atomic E-state index is 11.4. The predicted molar refractivity (Wildman–Crippen MR) is 111 cm³/mol. The van der Waals surface area contributed by atoms with Crippen LogP contribution in [0.3, 0.4) is 0 Å². The van der Waals surface area contributed by atoms with Gasteiger partial charge in [-0.3, -0.25) is 0 Å². The van der Waals surface area contributed by atoms with E-state index in [-0.39, 0.29) is 35.9 Å². The molecule has 0 rings (SSSR count). The lowest BCUT2D eigenvalue weighted by Gasteiger charge is -2.34. The van der Waals surface area contributed by atoms with Gasteiger partial charge >= 0.3 is 5.97 Å². The number of nitrogens with two attached hydrogens (primary N) is 1. The van der Waals surface area contributed by atoms with Gasteiger partial charge in [-0.15, -0.1) is 12.4 Å². The minimum atomic E-state index is -0.361. The number of unbranched alkanes of at least 4 members (excludes halogenated alkanes) is 9. The van der Waals surface area contributed by atoms with Crippen molar-refractivity contribution < 1.29 is 9.53 Å². The predicted octanol–water partition coefficient (Wildman–Crippen LogP) is 6.19. The van der Waals surface area contributed by atoms with Gasteiger partial charge in [0.25, 0.3) is 0 Å². The number of carbonyl (C=O) groups is 1. The molecule has 25 heavy (non-hydrogen) atoms. The second kappa shape index (κ2) is 15.7. The molecule has 2 N–H and O–H groups in total. The number of ether oxygens (including phenoxy) is 1. The number of halogens is 1. The van der Waals surface area contributed by atoms with E-state index in [0.29, 0.717) is 0 Å². The van der Waals surface area contributed by atoms with Crippen molar-refractivity contribution in [1.82, 2.24) is 0 Å². The Labute approximate surface area is 162 Å². The molecule has 0 spiro atoms. The van der Waals surface area contributed by atoms with E-state index < -0.39 is 0 Å². The maximum Gasteiger partial charge on any atom is 0.330 e. The Hall–Kier alpha value is -0.540. The Morgan fingerprint density at radius 2 is 1.48 bits per heavy atom. The van der Waals surface area contributed by atoms with Crippen LogP contribution < -0.4 is 5.73 Å². The van der Waals surface area contributed by atoms with Crippen molar-refractivity contribution in [3.8, 4) is 0 Å². The number of esters is 1. The average Bonchev–Trinajstić information content (AvgIpc) is 2.51. The molecule has 0 bridgehead atoms. The summed E-state index contributed by atoms with van der Waals surface area (Å²) in [5.74, 6) is -0.185. The summed E-state index contributed by atoms with van der Waals surface area (Å²) in [5, 5.41) is 0. The highest BCUT2D eigenvalue weighted by molar-refractivity contribution is 5.85. The molecule has 0 aliphatic heterocycles. The summed E-state index contributed by atoms with van der Waals surface area (Å²) in [6, 6.07) is 0. The molecule has 0 aliphatic carbocycles. The highest BCUT2D eigenvalue weighted by atomic mass is 35.5. The van der Waals surface area contributed by atoms with Crippen LogP contribution in [0.4, 0.5) is 0 Å². The normalized spacial score (nSPS) is 13.6. The first kappa shape index (κ1) is 26.7. The lowest BCUT2D eigenvalue weighted by Crippen LogP contribution is -2.47. The highest BCUT2D eigenvalue weighted by Crippen LogP contribution is 2.26. The molecule has 0 fully saturated rings. The zero-order valence-corrected chi connectivity index (χ0v) is 17.8. The van der Waals surface area contributed by atoms with E-state index in [1.165, 1.54) is 63.9 Å². The fourth-order valence-electron chi connectivity index (χ4n) is 3.38.